The highest BCUT2D eigenvalue weighted by atomic mass is 32.2. The first-order chi connectivity index (χ1) is 10.2. The second-order valence-corrected chi connectivity index (χ2v) is 7.93. The van der Waals surface area contributed by atoms with Crippen LogP contribution in [-0.2, 0) is 14.8 Å². The number of piperidine rings is 1. The van der Waals surface area contributed by atoms with E-state index < -0.39 is 16.0 Å². The van der Waals surface area contributed by atoms with Gasteiger partial charge in [0.25, 0.3) is 10.0 Å². The molecule has 2 rings (SSSR count). The van der Waals surface area contributed by atoms with Crippen LogP contribution in [-0.4, -0.2) is 54.6 Å². The molecule has 0 amide bonds. The van der Waals surface area contributed by atoms with E-state index in [4.69, 9.17) is 10.5 Å². The van der Waals surface area contributed by atoms with Crippen molar-refractivity contribution in [2.24, 2.45) is 11.1 Å². The molecule has 124 valence electrons. The molecule has 1 aromatic heterocycles. The van der Waals surface area contributed by atoms with Gasteiger partial charge in [-0.2, -0.15) is 9.40 Å². The maximum absolute atomic E-state index is 12.8. The summed E-state index contributed by atoms with van der Waals surface area (Å²) in [6.45, 7) is 6.28. The van der Waals surface area contributed by atoms with E-state index in [9.17, 15) is 13.2 Å². The lowest BCUT2D eigenvalue weighted by Crippen LogP contribution is -2.54. The van der Waals surface area contributed by atoms with Gasteiger partial charge in [0.15, 0.2) is 5.03 Å². The Labute approximate surface area is 130 Å². The molecule has 1 atom stereocenters. The minimum atomic E-state index is -3.85. The number of carbonyl (C=O) groups is 1. The molecule has 2 heterocycles. The molecule has 1 aromatic rings. The van der Waals surface area contributed by atoms with E-state index in [1.54, 1.807) is 6.92 Å². The summed E-state index contributed by atoms with van der Waals surface area (Å²) < 4.78 is 31.8. The molecule has 0 bridgehead atoms. The normalized spacial score (nSPS) is 22.5. The van der Waals surface area contributed by atoms with Crippen LogP contribution in [0.2, 0.25) is 0 Å². The molecule has 1 unspecified atom stereocenters. The van der Waals surface area contributed by atoms with Crippen molar-refractivity contribution in [2.75, 3.05) is 19.7 Å². The third kappa shape index (κ3) is 3.01. The minimum absolute atomic E-state index is 0.0646. The highest BCUT2D eigenvalue weighted by molar-refractivity contribution is 7.89. The summed E-state index contributed by atoms with van der Waals surface area (Å²) in [6, 6.07) is -0.0646. The maximum atomic E-state index is 12.8. The maximum Gasteiger partial charge on any atom is 0.342 e. The summed E-state index contributed by atoms with van der Waals surface area (Å²) >= 11 is 0. The molecule has 0 aromatic carbocycles. The van der Waals surface area contributed by atoms with Gasteiger partial charge in [-0.3, -0.25) is 5.10 Å². The largest absolute Gasteiger partial charge is 0.462 e. The number of aromatic amines is 1. The number of hydrogen-bond acceptors (Lipinski definition) is 6. The van der Waals surface area contributed by atoms with Crippen molar-refractivity contribution in [1.29, 1.82) is 0 Å². The van der Waals surface area contributed by atoms with Gasteiger partial charge in [0, 0.05) is 19.1 Å². The zero-order valence-electron chi connectivity index (χ0n) is 13.0. The quantitative estimate of drug-likeness (QED) is 0.768. The predicted octanol–water partition coefficient (Wildman–Crippen LogP) is 0.334. The molecule has 0 spiro atoms. The predicted molar refractivity (Wildman–Crippen MR) is 79.7 cm³/mol. The summed E-state index contributed by atoms with van der Waals surface area (Å²) in [5, 5.41) is 5.87. The van der Waals surface area contributed by atoms with E-state index in [1.165, 1.54) is 10.5 Å². The Hall–Kier alpha value is -1.45. The SMILES string of the molecule is CCOC(=O)c1cn[nH]c1S(=O)(=O)N1CCC(N)C(C)(C)C1. The topological polar surface area (TPSA) is 118 Å². The third-order valence-corrected chi connectivity index (χ3v) is 5.79. The molecule has 0 saturated carbocycles. The van der Waals surface area contributed by atoms with Crippen LogP contribution >= 0.6 is 0 Å². The highest BCUT2D eigenvalue weighted by Gasteiger charge is 2.40. The summed E-state index contributed by atoms with van der Waals surface area (Å²) in [6.07, 6.45) is 1.74. The fourth-order valence-electron chi connectivity index (χ4n) is 2.48. The lowest BCUT2D eigenvalue weighted by Gasteiger charge is -2.41. The zero-order chi connectivity index (χ0) is 16.5. The molecule has 22 heavy (non-hydrogen) atoms. The average Bonchev–Trinajstić information content (AvgIpc) is 2.92. The van der Waals surface area contributed by atoms with Gasteiger partial charge in [-0.25, -0.2) is 13.2 Å². The molecule has 1 aliphatic rings. The van der Waals surface area contributed by atoms with Crippen LogP contribution in [0, 0.1) is 5.41 Å². The molecule has 1 fully saturated rings. The number of nitrogens with two attached hydrogens (primary N) is 1. The van der Waals surface area contributed by atoms with Crippen molar-refractivity contribution in [3.63, 3.8) is 0 Å². The Kier molecular flexibility index (Phi) is 4.59. The fourth-order valence-corrected chi connectivity index (χ4v) is 4.17. The van der Waals surface area contributed by atoms with Crippen molar-refractivity contribution in [3.05, 3.63) is 11.8 Å². The van der Waals surface area contributed by atoms with Gasteiger partial charge in [0.05, 0.1) is 12.8 Å². The van der Waals surface area contributed by atoms with Gasteiger partial charge in [-0.15, -0.1) is 0 Å². The second kappa shape index (κ2) is 5.98. The summed E-state index contributed by atoms with van der Waals surface area (Å²) in [5.41, 5.74) is 5.63. The van der Waals surface area contributed by atoms with E-state index in [1.807, 2.05) is 13.8 Å². The standard InChI is InChI=1S/C13H22N4O4S/c1-4-21-12(18)9-7-15-16-11(9)22(19,20)17-6-5-10(14)13(2,3)8-17/h7,10H,4-6,8,14H2,1-3H3,(H,15,16). The molecular formula is C13H22N4O4S. The summed E-state index contributed by atoms with van der Waals surface area (Å²) in [5.74, 6) is -0.706. The Morgan fingerprint density at radius 2 is 2.27 bits per heavy atom. The Bertz CT molecular complexity index is 653. The number of H-pyrrole nitrogens is 1. The highest BCUT2D eigenvalue weighted by Crippen LogP contribution is 2.31. The average molecular weight is 330 g/mol. The van der Waals surface area contributed by atoms with E-state index >= 15 is 0 Å². The minimum Gasteiger partial charge on any atom is -0.462 e. The smallest absolute Gasteiger partial charge is 0.342 e. The van der Waals surface area contributed by atoms with Gasteiger partial charge < -0.3 is 10.5 Å². The van der Waals surface area contributed by atoms with Gasteiger partial charge in [0.2, 0.25) is 0 Å². The Morgan fingerprint density at radius 3 is 2.86 bits per heavy atom. The van der Waals surface area contributed by atoms with Crippen LogP contribution in [0.3, 0.4) is 0 Å². The molecule has 0 radical (unpaired) electrons. The van der Waals surface area contributed by atoms with Crippen molar-refractivity contribution in [3.8, 4) is 0 Å². The van der Waals surface area contributed by atoms with Crippen molar-refractivity contribution >= 4 is 16.0 Å². The number of aromatic nitrogens is 2. The van der Waals surface area contributed by atoms with Gasteiger partial charge in [0.1, 0.15) is 5.56 Å². The zero-order valence-corrected chi connectivity index (χ0v) is 13.8. The van der Waals surface area contributed by atoms with Crippen molar-refractivity contribution < 1.29 is 17.9 Å². The monoisotopic (exact) mass is 330 g/mol. The first-order valence-electron chi connectivity index (χ1n) is 7.16. The van der Waals surface area contributed by atoms with Gasteiger partial charge >= 0.3 is 5.97 Å². The lowest BCUT2D eigenvalue weighted by atomic mass is 9.81. The van der Waals surface area contributed by atoms with Crippen LogP contribution in [0.25, 0.3) is 0 Å². The third-order valence-electron chi connectivity index (χ3n) is 3.97. The van der Waals surface area contributed by atoms with Gasteiger partial charge in [-0.05, 0) is 18.8 Å². The van der Waals surface area contributed by atoms with Crippen LogP contribution in [0.15, 0.2) is 11.2 Å². The van der Waals surface area contributed by atoms with Crippen LogP contribution in [0.1, 0.15) is 37.6 Å². The van der Waals surface area contributed by atoms with Crippen molar-refractivity contribution in [2.45, 2.75) is 38.3 Å². The fraction of sp³-hybridized carbons (Fsp3) is 0.692. The van der Waals surface area contributed by atoms with Crippen LogP contribution in [0.5, 0.6) is 0 Å². The number of hydrogen-bond donors (Lipinski definition) is 2. The van der Waals surface area contributed by atoms with Crippen LogP contribution < -0.4 is 5.73 Å². The molecule has 3 N–H and O–H groups in total. The van der Waals surface area contributed by atoms with E-state index in [-0.39, 0.29) is 35.2 Å². The van der Waals surface area contributed by atoms with Crippen molar-refractivity contribution in [1.82, 2.24) is 14.5 Å². The lowest BCUT2D eigenvalue weighted by molar-refractivity contribution is 0.0521. The summed E-state index contributed by atoms with van der Waals surface area (Å²) in [7, 11) is -3.85. The van der Waals surface area contributed by atoms with Crippen LogP contribution in [0.4, 0.5) is 0 Å². The number of sulfonamides is 1. The van der Waals surface area contributed by atoms with Gasteiger partial charge in [-0.1, -0.05) is 13.8 Å². The Morgan fingerprint density at radius 1 is 1.59 bits per heavy atom. The number of nitrogens with zero attached hydrogens (tertiary/aromatic N) is 2. The molecule has 1 aliphatic heterocycles. The van der Waals surface area contributed by atoms with E-state index in [0.717, 1.165) is 0 Å². The number of nitrogens with one attached hydrogen (secondary N) is 1. The molecule has 8 nitrogen and oxygen atoms in total. The number of carbonyl (C=O) groups excluding carboxylic acids is 1. The second-order valence-electron chi connectivity index (χ2n) is 6.06. The molecular weight excluding hydrogens is 308 g/mol. The molecule has 0 aliphatic carbocycles. The molecule has 9 heteroatoms. The Balaban J connectivity index is 2.32. The number of ether oxygens (including phenoxy) is 1. The van der Waals surface area contributed by atoms with E-state index in [2.05, 4.69) is 10.2 Å². The summed E-state index contributed by atoms with van der Waals surface area (Å²) in [4.78, 5) is 11.9. The first kappa shape index (κ1) is 16.9. The van der Waals surface area contributed by atoms with E-state index in [0.29, 0.717) is 13.0 Å². The molecule has 1 saturated heterocycles. The first-order valence-corrected chi connectivity index (χ1v) is 8.60. The number of rotatable bonds is 4. The number of esters is 1.